The van der Waals surface area contributed by atoms with Gasteiger partial charge in [0.15, 0.2) is 0 Å². The van der Waals surface area contributed by atoms with Crippen LogP contribution in [0.15, 0.2) is 30.9 Å². The van der Waals surface area contributed by atoms with Crippen molar-refractivity contribution in [2.45, 2.75) is 12.5 Å². The SMILES string of the molecule is CNC(Cc1ccn(C)n1)c1cnccn1. The second kappa shape index (κ2) is 4.85. The van der Waals surface area contributed by atoms with Crippen LogP contribution in [0, 0.1) is 0 Å². The first-order valence-corrected chi connectivity index (χ1v) is 5.21. The van der Waals surface area contributed by atoms with Crippen molar-refractivity contribution in [3.63, 3.8) is 0 Å². The summed E-state index contributed by atoms with van der Waals surface area (Å²) in [6, 6.07) is 2.17. The number of aromatic nitrogens is 4. The average Bonchev–Trinajstić information content (AvgIpc) is 2.73. The van der Waals surface area contributed by atoms with Gasteiger partial charge >= 0.3 is 0 Å². The van der Waals surface area contributed by atoms with Gasteiger partial charge in [0.2, 0.25) is 0 Å². The van der Waals surface area contributed by atoms with Crippen molar-refractivity contribution in [3.05, 3.63) is 42.2 Å². The van der Waals surface area contributed by atoms with Gasteiger partial charge in [0.1, 0.15) is 0 Å². The Hall–Kier alpha value is -1.75. The highest BCUT2D eigenvalue weighted by Crippen LogP contribution is 2.13. The smallest absolute Gasteiger partial charge is 0.0759 e. The van der Waals surface area contributed by atoms with Crippen molar-refractivity contribution in [3.8, 4) is 0 Å². The molecule has 2 aromatic rings. The van der Waals surface area contributed by atoms with Crippen molar-refractivity contribution >= 4 is 0 Å². The minimum atomic E-state index is 0.156. The number of likely N-dealkylation sites (N-methyl/N-ethyl adjacent to an activating group) is 1. The predicted molar refractivity (Wildman–Crippen MR) is 60.7 cm³/mol. The summed E-state index contributed by atoms with van der Waals surface area (Å²) in [6.45, 7) is 0. The number of rotatable bonds is 4. The lowest BCUT2D eigenvalue weighted by atomic mass is 10.1. The monoisotopic (exact) mass is 217 g/mol. The molecular weight excluding hydrogens is 202 g/mol. The van der Waals surface area contributed by atoms with E-state index < -0.39 is 0 Å². The normalized spacial score (nSPS) is 12.6. The van der Waals surface area contributed by atoms with Gasteiger partial charge in [-0.05, 0) is 13.1 Å². The molecular formula is C11H15N5. The van der Waals surface area contributed by atoms with Crippen LogP contribution in [0.1, 0.15) is 17.4 Å². The molecule has 2 heterocycles. The second-order valence-corrected chi connectivity index (χ2v) is 3.66. The Labute approximate surface area is 94.5 Å². The van der Waals surface area contributed by atoms with E-state index in [0.717, 1.165) is 17.8 Å². The minimum absolute atomic E-state index is 0.156. The standard InChI is InChI=1S/C11H15N5/c1-12-10(11-8-13-4-5-14-11)7-9-3-6-16(2)15-9/h3-6,8,10,12H,7H2,1-2H3. The summed E-state index contributed by atoms with van der Waals surface area (Å²) in [4.78, 5) is 8.37. The molecule has 0 fully saturated rings. The van der Waals surface area contributed by atoms with Gasteiger partial charge in [0, 0.05) is 38.3 Å². The molecule has 0 aliphatic heterocycles. The van der Waals surface area contributed by atoms with Gasteiger partial charge in [0.05, 0.1) is 17.4 Å². The molecule has 0 bridgehead atoms. The molecule has 84 valence electrons. The zero-order chi connectivity index (χ0) is 11.4. The Kier molecular flexibility index (Phi) is 3.26. The third-order valence-electron chi connectivity index (χ3n) is 2.47. The Balaban J connectivity index is 2.12. The third-order valence-corrected chi connectivity index (χ3v) is 2.47. The van der Waals surface area contributed by atoms with Crippen LogP contribution in [-0.2, 0) is 13.5 Å². The van der Waals surface area contributed by atoms with Crippen LogP contribution in [0.3, 0.4) is 0 Å². The number of nitrogens with one attached hydrogen (secondary N) is 1. The Bertz CT molecular complexity index is 437. The van der Waals surface area contributed by atoms with E-state index in [1.165, 1.54) is 0 Å². The van der Waals surface area contributed by atoms with Crippen LogP contribution < -0.4 is 5.32 Å². The molecule has 0 aliphatic carbocycles. The number of aryl methyl sites for hydroxylation is 1. The number of hydrogen-bond donors (Lipinski definition) is 1. The van der Waals surface area contributed by atoms with E-state index in [4.69, 9.17) is 0 Å². The maximum Gasteiger partial charge on any atom is 0.0759 e. The molecule has 16 heavy (non-hydrogen) atoms. The summed E-state index contributed by atoms with van der Waals surface area (Å²) >= 11 is 0. The van der Waals surface area contributed by atoms with E-state index in [9.17, 15) is 0 Å². The molecule has 5 nitrogen and oxygen atoms in total. The minimum Gasteiger partial charge on any atom is -0.311 e. The highest BCUT2D eigenvalue weighted by atomic mass is 15.2. The van der Waals surface area contributed by atoms with Gasteiger partial charge in [-0.1, -0.05) is 0 Å². The first-order chi connectivity index (χ1) is 7.79. The summed E-state index contributed by atoms with van der Waals surface area (Å²) in [6.07, 6.45) is 7.92. The number of nitrogens with zero attached hydrogens (tertiary/aromatic N) is 4. The van der Waals surface area contributed by atoms with Gasteiger partial charge in [-0.2, -0.15) is 5.10 Å². The molecule has 0 saturated heterocycles. The summed E-state index contributed by atoms with van der Waals surface area (Å²) in [5.41, 5.74) is 1.99. The van der Waals surface area contributed by atoms with Crippen molar-refractivity contribution in [1.82, 2.24) is 25.1 Å². The van der Waals surface area contributed by atoms with E-state index >= 15 is 0 Å². The largest absolute Gasteiger partial charge is 0.311 e. The fraction of sp³-hybridized carbons (Fsp3) is 0.364. The highest BCUT2D eigenvalue weighted by Gasteiger charge is 2.12. The van der Waals surface area contributed by atoms with Crippen LogP contribution >= 0.6 is 0 Å². The Morgan fingerprint density at radius 1 is 1.44 bits per heavy atom. The quantitative estimate of drug-likeness (QED) is 0.819. The van der Waals surface area contributed by atoms with Crippen LogP contribution in [-0.4, -0.2) is 26.8 Å². The van der Waals surface area contributed by atoms with E-state index in [0.29, 0.717) is 0 Å². The van der Waals surface area contributed by atoms with E-state index in [2.05, 4.69) is 20.4 Å². The van der Waals surface area contributed by atoms with Crippen molar-refractivity contribution in [2.24, 2.45) is 7.05 Å². The van der Waals surface area contributed by atoms with E-state index in [-0.39, 0.29) is 6.04 Å². The van der Waals surface area contributed by atoms with Crippen LogP contribution in [0.25, 0.3) is 0 Å². The van der Waals surface area contributed by atoms with E-state index in [1.54, 1.807) is 23.3 Å². The molecule has 1 N–H and O–H groups in total. The molecule has 2 rings (SSSR count). The van der Waals surface area contributed by atoms with E-state index in [1.807, 2.05) is 26.4 Å². The van der Waals surface area contributed by atoms with Gasteiger partial charge < -0.3 is 5.32 Å². The summed E-state index contributed by atoms with van der Waals surface area (Å²) < 4.78 is 1.80. The van der Waals surface area contributed by atoms with Crippen LogP contribution in [0.4, 0.5) is 0 Å². The molecule has 1 unspecified atom stereocenters. The second-order valence-electron chi connectivity index (χ2n) is 3.66. The van der Waals surface area contributed by atoms with Gasteiger partial charge in [-0.3, -0.25) is 14.6 Å². The van der Waals surface area contributed by atoms with Gasteiger partial charge in [-0.15, -0.1) is 0 Å². The molecule has 0 radical (unpaired) electrons. The maximum atomic E-state index is 4.35. The van der Waals surface area contributed by atoms with Crippen molar-refractivity contribution in [1.29, 1.82) is 0 Å². The lowest BCUT2D eigenvalue weighted by molar-refractivity contribution is 0.560. The molecule has 0 amide bonds. The molecule has 0 spiro atoms. The van der Waals surface area contributed by atoms with Crippen molar-refractivity contribution in [2.75, 3.05) is 7.05 Å². The maximum absolute atomic E-state index is 4.35. The third kappa shape index (κ3) is 2.43. The lowest BCUT2D eigenvalue weighted by Crippen LogP contribution is -2.20. The number of hydrogen-bond acceptors (Lipinski definition) is 4. The zero-order valence-electron chi connectivity index (χ0n) is 9.46. The fourth-order valence-corrected chi connectivity index (χ4v) is 1.63. The predicted octanol–water partition coefficient (Wildman–Crippen LogP) is 0.713. The molecule has 1 atom stereocenters. The molecule has 5 heteroatoms. The van der Waals surface area contributed by atoms with Gasteiger partial charge in [0.25, 0.3) is 0 Å². The summed E-state index contributed by atoms with van der Waals surface area (Å²) in [7, 11) is 3.84. The topological polar surface area (TPSA) is 55.6 Å². The lowest BCUT2D eigenvalue weighted by Gasteiger charge is -2.13. The van der Waals surface area contributed by atoms with Crippen molar-refractivity contribution < 1.29 is 0 Å². The van der Waals surface area contributed by atoms with Crippen LogP contribution in [0.2, 0.25) is 0 Å². The highest BCUT2D eigenvalue weighted by molar-refractivity contribution is 5.09. The van der Waals surface area contributed by atoms with Crippen LogP contribution in [0.5, 0.6) is 0 Å². The zero-order valence-corrected chi connectivity index (χ0v) is 9.46. The first-order valence-electron chi connectivity index (χ1n) is 5.21. The first kappa shape index (κ1) is 10.8. The average molecular weight is 217 g/mol. The molecule has 0 aromatic carbocycles. The molecule has 2 aromatic heterocycles. The Morgan fingerprint density at radius 3 is 2.88 bits per heavy atom. The Morgan fingerprint density at radius 2 is 2.31 bits per heavy atom. The van der Waals surface area contributed by atoms with Gasteiger partial charge in [-0.25, -0.2) is 0 Å². The fourth-order valence-electron chi connectivity index (χ4n) is 1.63. The molecule has 0 aliphatic rings. The summed E-state index contributed by atoms with van der Waals surface area (Å²) in [5, 5.41) is 7.58. The molecule has 0 saturated carbocycles. The summed E-state index contributed by atoms with van der Waals surface area (Å²) in [5.74, 6) is 0.